The highest BCUT2D eigenvalue weighted by molar-refractivity contribution is 5.76. The van der Waals surface area contributed by atoms with Crippen LogP contribution in [0.5, 0.6) is 0 Å². The van der Waals surface area contributed by atoms with Crippen LogP contribution in [0.1, 0.15) is 88.1 Å². The third kappa shape index (κ3) is 4.24. The minimum Gasteiger partial charge on any atom is -0.343 e. The molecular formula is C25H37N5O2. The highest BCUT2D eigenvalue weighted by Crippen LogP contribution is 2.31. The first kappa shape index (κ1) is 21.7. The van der Waals surface area contributed by atoms with Crippen molar-refractivity contribution in [2.45, 2.75) is 90.1 Å². The quantitative estimate of drug-likeness (QED) is 0.774. The maximum atomic E-state index is 13.2. The summed E-state index contributed by atoms with van der Waals surface area (Å²) in [6.45, 7) is 7.60. The number of piperidine rings is 1. The van der Waals surface area contributed by atoms with Crippen molar-refractivity contribution in [2.24, 2.45) is 5.92 Å². The summed E-state index contributed by atoms with van der Waals surface area (Å²) >= 11 is 0. The SMILES string of the molecule is CC(C)N1CCc2nc3cc(C4CCN(C(=O)CCC5CCCC5)CC4)[nH]n3c(=O)c2C1. The lowest BCUT2D eigenvalue weighted by Gasteiger charge is -2.31. The second-order valence-electron chi connectivity index (χ2n) is 10.4. The minimum atomic E-state index is 0.0427. The number of hydrogen-bond acceptors (Lipinski definition) is 4. The minimum absolute atomic E-state index is 0.0427. The lowest BCUT2D eigenvalue weighted by atomic mass is 9.93. The Labute approximate surface area is 190 Å². The Hall–Kier alpha value is -2.15. The second-order valence-corrected chi connectivity index (χ2v) is 10.4. The Morgan fingerprint density at radius 3 is 2.62 bits per heavy atom. The van der Waals surface area contributed by atoms with E-state index in [1.54, 1.807) is 4.52 Å². The second kappa shape index (κ2) is 9.00. The van der Waals surface area contributed by atoms with Gasteiger partial charge < -0.3 is 4.90 Å². The van der Waals surface area contributed by atoms with Gasteiger partial charge in [0.25, 0.3) is 5.56 Å². The molecule has 4 heterocycles. The first-order valence-corrected chi connectivity index (χ1v) is 12.6. The summed E-state index contributed by atoms with van der Waals surface area (Å²) in [4.78, 5) is 35.1. The average Bonchev–Trinajstić information content (AvgIpc) is 3.47. The van der Waals surface area contributed by atoms with E-state index in [2.05, 4.69) is 34.8 Å². The van der Waals surface area contributed by atoms with E-state index >= 15 is 0 Å². The van der Waals surface area contributed by atoms with E-state index < -0.39 is 0 Å². The van der Waals surface area contributed by atoms with Gasteiger partial charge in [0, 0.05) is 62.7 Å². The molecule has 2 fully saturated rings. The molecule has 1 aliphatic carbocycles. The van der Waals surface area contributed by atoms with Crippen molar-refractivity contribution in [1.29, 1.82) is 0 Å². The predicted octanol–water partition coefficient (Wildman–Crippen LogP) is 3.47. The zero-order valence-electron chi connectivity index (χ0n) is 19.6. The number of nitrogens with one attached hydrogen (secondary N) is 1. The summed E-state index contributed by atoms with van der Waals surface area (Å²) in [7, 11) is 0. The first-order chi connectivity index (χ1) is 15.5. The molecule has 2 aromatic heterocycles. The molecule has 7 heteroatoms. The summed E-state index contributed by atoms with van der Waals surface area (Å²) in [5, 5.41) is 3.35. The molecule has 5 rings (SSSR count). The van der Waals surface area contributed by atoms with Crippen LogP contribution in [-0.2, 0) is 17.8 Å². The molecule has 174 valence electrons. The lowest BCUT2D eigenvalue weighted by molar-refractivity contribution is -0.132. The number of H-pyrrole nitrogens is 1. The van der Waals surface area contributed by atoms with E-state index in [9.17, 15) is 9.59 Å². The molecular weight excluding hydrogens is 402 g/mol. The molecule has 0 bridgehead atoms. The molecule has 0 atom stereocenters. The number of fused-ring (bicyclic) bond motifs is 2. The third-order valence-electron chi connectivity index (χ3n) is 8.07. The predicted molar refractivity (Wildman–Crippen MR) is 125 cm³/mol. The number of nitrogens with zero attached hydrogens (tertiary/aromatic N) is 4. The number of aromatic nitrogens is 3. The number of aromatic amines is 1. The van der Waals surface area contributed by atoms with Crippen LogP contribution >= 0.6 is 0 Å². The Morgan fingerprint density at radius 2 is 1.91 bits per heavy atom. The van der Waals surface area contributed by atoms with E-state index in [0.717, 1.165) is 73.8 Å². The van der Waals surface area contributed by atoms with Crippen LogP contribution in [0, 0.1) is 5.92 Å². The molecule has 1 saturated carbocycles. The maximum Gasteiger partial charge on any atom is 0.277 e. The molecule has 1 saturated heterocycles. The van der Waals surface area contributed by atoms with Crippen molar-refractivity contribution in [2.75, 3.05) is 19.6 Å². The third-order valence-corrected chi connectivity index (χ3v) is 8.07. The fourth-order valence-electron chi connectivity index (χ4n) is 5.90. The number of carbonyl (C=O) groups is 1. The van der Waals surface area contributed by atoms with Crippen LogP contribution in [0.4, 0.5) is 0 Å². The number of hydrogen-bond donors (Lipinski definition) is 1. The van der Waals surface area contributed by atoms with Gasteiger partial charge in [0.2, 0.25) is 5.91 Å². The molecule has 2 aromatic rings. The molecule has 0 spiro atoms. The van der Waals surface area contributed by atoms with Gasteiger partial charge in [-0.2, -0.15) is 0 Å². The zero-order valence-corrected chi connectivity index (χ0v) is 19.6. The molecule has 32 heavy (non-hydrogen) atoms. The number of rotatable bonds is 5. The first-order valence-electron chi connectivity index (χ1n) is 12.6. The highest BCUT2D eigenvalue weighted by atomic mass is 16.2. The molecule has 7 nitrogen and oxygen atoms in total. The van der Waals surface area contributed by atoms with E-state index in [1.807, 2.05) is 0 Å². The van der Waals surface area contributed by atoms with E-state index in [-0.39, 0.29) is 5.56 Å². The molecule has 1 amide bonds. The molecule has 0 aromatic carbocycles. The van der Waals surface area contributed by atoms with E-state index in [4.69, 9.17) is 4.98 Å². The van der Waals surface area contributed by atoms with Crippen molar-refractivity contribution in [1.82, 2.24) is 24.4 Å². The number of amides is 1. The van der Waals surface area contributed by atoms with Crippen LogP contribution in [0.2, 0.25) is 0 Å². The molecule has 0 unspecified atom stereocenters. The fraction of sp³-hybridized carbons (Fsp3) is 0.720. The molecule has 0 radical (unpaired) electrons. The van der Waals surface area contributed by atoms with Crippen LogP contribution in [0.3, 0.4) is 0 Å². The van der Waals surface area contributed by atoms with Gasteiger partial charge in [0.15, 0.2) is 5.65 Å². The summed E-state index contributed by atoms with van der Waals surface area (Å²) < 4.78 is 1.64. The number of carbonyl (C=O) groups excluding carboxylic acids is 1. The van der Waals surface area contributed by atoms with Gasteiger partial charge in [-0.3, -0.25) is 19.6 Å². The molecule has 2 aliphatic heterocycles. The normalized spacial score (nSPS) is 21.0. The van der Waals surface area contributed by atoms with Crippen molar-refractivity contribution in [3.8, 4) is 0 Å². The molecule has 1 N–H and O–H groups in total. The van der Waals surface area contributed by atoms with Crippen LogP contribution in [0.25, 0.3) is 5.65 Å². The van der Waals surface area contributed by atoms with Gasteiger partial charge in [0.1, 0.15) is 0 Å². The van der Waals surface area contributed by atoms with Crippen molar-refractivity contribution in [3.63, 3.8) is 0 Å². The fourth-order valence-corrected chi connectivity index (χ4v) is 5.90. The van der Waals surface area contributed by atoms with Gasteiger partial charge in [-0.25, -0.2) is 9.50 Å². The Balaban J connectivity index is 1.24. The largest absolute Gasteiger partial charge is 0.343 e. The summed E-state index contributed by atoms with van der Waals surface area (Å²) in [6.07, 6.45) is 9.78. The van der Waals surface area contributed by atoms with Crippen molar-refractivity contribution in [3.05, 3.63) is 33.4 Å². The highest BCUT2D eigenvalue weighted by Gasteiger charge is 2.28. The summed E-state index contributed by atoms with van der Waals surface area (Å²) in [5.41, 5.74) is 3.65. The Morgan fingerprint density at radius 1 is 1.16 bits per heavy atom. The maximum absolute atomic E-state index is 13.2. The Kier molecular flexibility index (Phi) is 6.10. The lowest BCUT2D eigenvalue weighted by Crippen LogP contribution is -2.40. The van der Waals surface area contributed by atoms with Gasteiger partial charge in [-0.15, -0.1) is 0 Å². The van der Waals surface area contributed by atoms with Crippen LogP contribution in [0.15, 0.2) is 10.9 Å². The average molecular weight is 440 g/mol. The summed E-state index contributed by atoms with van der Waals surface area (Å²) in [5.74, 6) is 1.44. The van der Waals surface area contributed by atoms with Gasteiger partial charge in [0.05, 0.1) is 11.3 Å². The number of likely N-dealkylation sites (tertiary alicyclic amines) is 1. The summed E-state index contributed by atoms with van der Waals surface area (Å²) in [6, 6.07) is 2.48. The van der Waals surface area contributed by atoms with Crippen LogP contribution < -0.4 is 5.56 Å². The van der Waals surface area contributed by atoms with Crippen LogP contribution in [-0.4, -0.2) is 56.0 Å². The topological polar surface area (TPSA) is 73.7 Å². The van der Waals surface area contributed by atoms with E-state index in [0.29, 0.717) is 30.8 Å². The zero-order chi connectivity index (χ0) is 22.2. The van der Waals surface area contributed by atoms with Gasteiger partial charge >= 0.3 is 0 Å². The monoisotopic (exact) mass is 439 g/mol. The van der Waals surface area contributed by atoms with Crippen molar-refractivity contribution < 1.29 is 4.79 Å². The standard InChI is InChI=1S/C25H37N5O2/c1-17(2)29-14-11-21-20(16-29)25(32)30-23(26-21)15-22(27-30)19-9-12-28(13-10-19)24(31)8-7-18-5-3-4-6-18/h15,17-19,27H,3-14,16H2,1-2H3. The smallest absolute Gasteiger partial charge is 0.277 e. The van der Waals surface area contributed by atoms with Gasteiger partial charge in [-0.1, -0.05) is 25.7 Å². The van der Waals surface area contributed by atoms with Crippen molar-refractivity contribution >= 4 is 11.6 Å². The molecule has 3 aliphatic rings. The Bertz CT molecular complexity index is 1020. The van der Waals surface area contributed by atoms with E-state index in [1.165, 1.54) is 25.7 Å². The van der Waals surface area contributed by atoms with Gasteiger partial charge in [-0.05, 0) is 39.0 Å².